The molecule has 1 heterocycles. The molecule has 2 unspecified atom stereocenters. The van der Waals surface area contributed by atoms with Crippen molar-refractivity contribution in [1.29, 1.82) is 0 Å². The van der Waals surface area contributed by atoms with Gasteiger partial charge in [-0.3, -0.25) is 9.76 Å². The Bertz CT molecular complexity index is 111. The number of hydrogen-bond acceptors (Lipinski definition) is 2. The van der Waals surface area contributed by atoms with Gasteiger partial charge in [-0.1, -0.05) is 6.42 Å². The summed E-state index contributed by atoms with van der Waals surface area (Å²) in [6.45, 7) is 1.75. The van der Waals surface area contributed by atoms with Crippen LogP contribution in [-0.2, 0) is 0 Å². The highest BCUT2D eigenvalue weighted by Crippen LogP contribution is 2.25. The maximum Gasteiger partial charge on any atom is 0.159 e. The standard InChI is InChI=1S/C7H17N2OP/c1-8-11-9-5-3-2-4-7(9)6-10/h7-8,10-11H,2-6H2,1H3/p+1. The molecular weight excluding hydrogens is 159 g/mol. The van der Waals surface area contributed by atoms with E-state index in [4.69, 9.17) is 5.11 Å². The summed E-state index contributed by atoms with van der Waals surface area (Å²) in [4.78, 5) is 0. The van der Waals surface area contributed by atoms with Crippen molar-refractivity contribution in [3.63, 3.8) is 0 Å². The monoisotopic (exact) mass is 177 g/mol. The first-order valence-electron chi connectivity index (χ1n) is 4.22. The predicted octanol–water partition coefficient (Wildman–Crippen LogP) is 0.293. The van der Waals surface area contributed by atoms with Gasteiger partial charge in [0.25, 0.3) is 0 Å². The maximum absolute atomic E-state index is 7.34. The van der Waals surface area contributed by atoms with Crippen LogP contribution in [0.1, 0.15) is 19.3 Å². The molecule has 0 aliphatic carbocycles. The van der Waals surface area contributed by atoms with E-state index in [2.05, 4.69) is 9.76 Å². The molecule has 2 atom stereocenters. The van der Waals surface area contributed by atoms with Crippen LogP contribution in [0.4, 0.5) is 0 Å². The van der Waals surface area contributed by atoms with Gasteiger partial charge < -0.3 is 5.11 Å². The average Bonchev–Trinajstić information content (AvgIpc) is 2.06. The number of rotatable bonds is 3. The molecule has 3 nitrogen and oxygen atoms in total. The van der Waals surface area contributed by atoms with E-state index in [1.54, 1.807) is 0 Å². The van der Waals surface area contributed by atoms with Crippen LogP contribution in [0.15, 0.2) is 0 Å². The van der Waals surface area contributed by atoms with Crippen molar-refractivity contribution in [1.82, 2.24) is 9.76 Å². The molecule has 1 fully saturated rings. The molecule has 0 aromatic carbocycles. The Balaban J connectivity index is 2.31. The molecule has 1 aliphatic rings. The Kier molecular flexibility index (Phi) is 4.31. The van der Waals surface area contributed by atoms with Crippen molar-refractivity contribution in [2.24, 2.45) is 0 Å². The normalized spacial score (nSPS) is 28.4. The highest BCUT2D eigenvalue weighted by atomic mass is 31.1. The lowest BCUT2D eigenvalue weighted by atomic mass is 10.1. The summed E-state index contributed by atoms with van der Waals surface area (Å²) in [5, 5.41) is 10.5. The largest absolute Gasteiger partial charge is 0.444 e. The van der Waals surface area contributed by atoms with Gasteiger partial charge in [0.1, 0.15) is 0 Å². The summed E-state index contributed by atoms with van der Waals surface area (Å²) >= 11 is 0. The van der Waals surface area contributed by atoms with Crippen LogP contribution in [0.25, 0.3) is 0 Å². The van der Waals surface area contributed by atoms with E-state index >= 15 is 0 Å². The lowest BCUT2D eigenvalue weighted by Crippen LogP contribution is -2.37. The quantitative estimate of drug-likeness (QED) is 0.497. The SMILES string of the molecule is CNPN1CCCCC1C[OH2+]. The van der Waals surface area contributed by atoms with E-state index in [-0.39, 0.29) is 0 Å². The van der Waals surface area contributed by atoms with Gasteiger partial charge in [0.05, 0.1) is 6.04 Å². The summed E-state index contributed by atoms with van der Waals surface area (Å²) < 4.78 is 2.40. The van der Waals surface area contributed by atoms with E-state index in [0.717, 1.165) is 0 Å². The lowest BCUT2D eigenvalue weighted by molar-refractivity contribution is 0.161. The van der Waals surface area contributed by atoms with Crippen LogP contribution in [0.3, 0.4) is 0 Å². The summed E-state index contributed by atoms with van der Waals surface area (Å²) in [6.07, 6.45) is 3.84. The zero-order valence-electron chi connectivity index (χ0n) is 7.06. The molecule has 4 heteroatoms. The smallest absolute Gasteiger partial charge is 0.159 e. The topological polar surface area (TPSA) is 38.2 Å². The molecule has 0 saturated carbocycles. The van der Waals surface area contributed by atoms with Crippen molar-refractivity contribution in [2.45, 2.75) is 25.3 Å². The minimum atomic E-state index is 0.523. The number of nitrogens with zero attached hydrogens (tertiary/aromatic N) is 1. The summed E-state index contributed by atoms with van der Waals surface area (Å²) in [5.41, 5.74) is 0. The predicted molar refractivity (Wildman–Crippen MR) is 50.2 cm³/mol. The molecule has 1 rings (SSSR count). The van der Waals surface area contributed by atoms with Crippen LogP contribution in [0.5, 0.6) is 0 Å². The fourth-order valence-electron chi connectivity index (χ4n) is 1.50. The Morgan fingerprint density at radius 3 is 3.09 bits per heavy atom. The third-order valence-electron chi connectivity index (χ3n) is 2.12. The molecule has 11 heavy (non-hydrogen) atoms. The fraction of sp³-hybridized carbons (Fsp3) is 1.00. The molecule has 0 radical (unpaired) electrons. The molecule has 1 saturated heterocycles. The van der Waals surface area contributed by atoms with Crippen molar-refractivity contribution in [2.75, 3.05) is 20.2 Å². The Morgan fingerprint density at radius 1 is 1.64 bits per heavy atom. The molecule has 0 bridgehead atoms. The van der Waals surface area contributed by atoms with Crippen LogP contribution in [-0.4, -0.2) is 36.0 Å². The first-order valence-corrected chi connectivity index (χ1v) is 5.17. The third-order valence-corrected chi connectivity index (χ3v) is 3.22. The molecule has 1 aliphatic heterocycles. The van der Waals surface area contributed by atoms with Gasteiger partial charge in [-0.2, -0.15) is 0 Å². The number of hydrogen-bond donors (Lipinski definition) is 1. The molecule has 66 valence electrons. The van der Waals surface area contributed by atoms with Gasteiger partial charge in [-0.15, -0.1) is 0 Å². The summed E-state index contributed by atoms with van der Waals surface area (Å²) in [6, 6.07) is 0.523. The summed E-state index contributed by atoms with van der Waals surface area (Å²) in [5.74, 6) is 0. The molecular formula is C7H18N2OP+. The van der Waals surface area contributed by atoms with Crippen LogP contribution in [0, 0.1) is 0 Å². The fourth-order valence-corrected chi connectivity index (χ4v) is 2.46. The van der Waals surface area contributed by atoms with Crippen molar-refractivity contribution in [3.05, 3.63) is 0 Å². The second kappa shape index (κ2) is 5.04. The van der Waals surface area contributed by atoms with Gasteiger partial charge in [0, 0.05) is 15.4 Å². The zero-order valence-corrected chi connectivity index (χ0v) is 8.06. The van der Waals surface area contributed by atoms with E-state index < -0.39 is 0 Å². The molecule has 0 amide bonds. The van der Waals surface area contributed by atoms with Gasteiger partial charge in [-0.05, 0) is 19.9 Å². The second-order valence-corrected chi connectivity index (χ2v) is 4.21. The molecule has 0 aromatic rings. The van der Waals surface area contributed by atoms with Crippen molar-refractivity contribution >= 4 is 8.88 Å². The van der Waals surface area contributed by atoms with Gasteiger partial charge in [0.15, 0.2) is 6.61 Å². The minimum absolute atomic E-state index is 0.523. The zero-order chi connectivity index (χ0) is 8.10. The highest BCUT2D eigenvalue weighted by Gasteiger charge is 2.22. The molecule has 0 aromatic heterocycles. The Morgan fingerprint density at radius 2 is 2.45 bits per heavy atom. The van der Waals surface area contributed by atoms with Gasteiger partial charge in [-0.25, -0.2) is 0 Å². The van der Waals surface area contributed by atoms with E-state index in [1.165, 1.54) is 25.8 Å². The Labute approximate surface area is 70.1 Å². The van der Waals surface area contributed by atoms with E-state index in [1.807, 2.05) is 7.05 Å². The Hall–Kier alpha value is 0.310. The highest BCUT2D eigenvalue weighted by molar-refractivity contribution is 7.32. The minimum Gasteiger partial charge on any atom is -0.444 e. The van der Waals surface area contributed by atoms with Gasteiger partial charge in [0.2, 0.25) is 0 Å². The number of piperidine rings is 1. The van der Waals surface area contributed by atoms with Gasteiger partial charge >= 0.3 is 0 Å². The van der Waals surface area contributed by atoms with Crippen LogP contribution >= 0.6 is 8.88 Å². The third kappa shape index (κ3) is 2.68. The van der Waals surface area contributed by atoms with Crippen molar-refractivity contribution in [3.8, 4) is 0 Å². The first-order chi connectivity index (χ1) is 5.38. The number of nitrogens with one attached hydrogen (secondary N) is 1. The average molecular weight is 177 g/mol. The molecule has 3 N–H and O–H groups in total. The van der Waals surface area contributed by atoms with E-state index in [0.29, 0.717) is 21.5 Å². The van der Waals surface area contributed by atoms with E-state index in [9.17, 15) is 0 Å². The lowest BCUT2D eigenvalue weighted by Gasteiger charge is -2.32. The second-order valence-electron chi connectivity index (χ2n) is 2.91. The molecule has 0 spiro atoms. The summed E-state index contributed by atoms with van der Waals surface area (Å²) in [7, 11) is 2.69. The van der Waals surface area contributed by atoms with Crippen molar-refractivity contribution < 1.29 is 5.11 Å². The first kappa shape index (κ1) is 9.40. The maximum atomic E-state index is 7.34. The van der Waals surface area contributed by atoms with Crippen LogP contribution < -0.4 is 5.09 Å². The van der Waals surface area contributed by atoms with Crippen LogP contribution in [0.2, 0.25) is 0 Å².